The van der Waals surface area contributed by atoms with Crippen molar-refractivity contribution >= 4 is 27.4 Å². The van der Waals surface area contributed by atoms with E-state index in [-0.39, 0.29) is 5.78 Å². The monoisotopic (exact) mass is 255 g/mol. The summed E-state index contributed by atoms with van der Waals surface area (Å²) in [5, 5.41) is 3.20. The number of carbonyl (C=O) groups is 1. The van der Waals surface area contributed by atoms with Crippen molar-refractivity contribution in [3.63, 3.8) is 0 Å². The van der Waals surface area contributed by atoms with Gasteiger partial charge in [-0.3, -0.25) is 4.79 Å². The van der Waals surface area contributed by atoms with Gasteiger partial charge in [-0.15, -0.1) is 0 Å². The molecule has 0 heterocycles. The number of ketones is 1. The van der Waals surface area contributed by atoms with E-state index in [1.54, 1.807) is 6.92 Å². The number of anilines is 1. The van der Waals surface area contributed by atoms with Crippen molar-refractivity contribution in [2.45, 2.75) is 20.3 Å². The Morgan fingerprint density at radius 3 is 2.79 bits per heavy atom. The van der Waals surface area contributed by atoms with Crippen molar-refractivity contribution in [3.05, 3.63) is 28.2 Å². The largest absolute Gasteiger partial charge is 0.384 e. The van der Waals surface area contributed by atoms with Crippen molar-refractivity contribution in [1.82, 2.24) is 0 Å². The number of nitrogens with one attached hydrogen (secondary N) is 1. The van der Waals surface area contributed by atoms with Crippen LogP contribution in [0, 0.1) is 6.92 Å². The first-order valence-electron chi connectivity index (χ1n) is 4.59. The van der Waals surface area contributed by atoms with Crippen molar-refractivity contribution in [2.24, 2.45) is 0 Å². The van der Waals surface area contributed by atoms with Gasteiger partial charge in [0, 0.05) is 23.1 Å². The Morgan fingerprint density at radius 1 is 1.50 bits per heavy atom. The van der Waals surface area contributed by atoms with Crippen molar-refractivity contribution in [1.29, 1.82) is 0 Å². The molecule has 1 aromatic rings. The Kier molecular flexibility index (Phi) is 4.14. The van der Waals surface area contributed by atoms with Crippen molar-refractivity contribution in [3.8, 4) is 0 Å². The summed E-state index contributed by atoms with van der Waals surface area (Å²) in [5.41, 5.74) is 2.26. The van der Waals surface area contributed by atoms with Crippen LogP contribution < -0.4 is 5.32 Å². The average Bonchev–Trinajstić information content (AvgIpc) is 2.08. The molecule has 0 amide bonds. The second-order valence-corrected chi connectivity index (χ2v) is 4.22. The molecule has 0 aromatic heterocycles. The van der Waals surface area contributed by atoms with E-state index in [9.17, 15) is 4.79 Å². The van der Waals surface area contributed by atoms with Gasteiger partial charge >= 0.3 is 0 Å². The van der Waals surface area contributed by atoms with Gasteiger partial charge in [-0.1, -0.05) is 6.07 Å². The van der Waals surface area contributed by atoms with E-state index in [1.165, 1.54) is 5.56 Å². The number of halogens is 1. The van der Waals surface area contributed by atoms with E-state index < -0.39 is 0 Å². The summed E-state index contributed by atoms with van der Waals surface area (Å²) in [4.78, 5) is 10.7. The third-order valence-corrected chi connectivity index (χ3v) is 2.57. The summed E-state index contributed by atoms with van der Waals surface area (Å²) in [7, 11) is 0. The molecular weight excluding hydrogens is 242 g/mol. The molecule has 0 saturated carbocycles. The first-order valence-corrected chi connectivity index (χ1v) is 5.38. The highest BCUT2D eigenvalue weighted by Gasteiger charge is 1.99. The van der Waals surface area contributed by atoms with Crippen LogP contribution >= 0.6 is 15.9 Å². The highest BCUT2D eigenvalue weighted by atomic mass is 79.9. The number of rotatable bonds is 4. The first kappa shape index (κ1) is 11.2. The Bertz CT molecular complexity index is 336. The Morgan fingerprint density at radius 2 is 2.21 bits per heavy atom. The van der Waals surface area contributed by atoms with E-state index in [2.05, 4.69) is 27.3 Å². The minimum atomic E-state index is 0.209. The lowest BCUT2D eigenvalue weighted by Gasteiger charge is -2.07. The van der Waals surface area contributed by atoms with Gasteiger partial charge in [-0.2, -0.15) is 0 Å². The molecule has 0 fully saturated rings. The van der Waals surface area contributed by atoms with E-state index in [1.807, 2.05) is 19.1 Å². The summed E-state index contributed by atoms with van der Waals surface area (Å²) >= 11 is 3.47. The topological polar surface area (TPSA) is 29.1 Å². The molecule has 0 spiro atoms. The molecule has 3 heteroatoms. The van der Waals surface area contributed by atoms with Crippen LogP contribution in [0.5, 0.6) is 0 Å². The van der Waals surface area contributed by atoms with Gasteiger partial charge in [0.05, 0.1) is 0 Å². The number of hydrogen-bond acceptors (Lipinski definition) is 2. The Labute approximate surface area is 92.8 Å². The standard InChI is InChI=1S/C11H14BrNO/c1-8-3-4-11(10(12)7-8)13-6-5-9(2)14/h3-4,7,13H,5-6H2,1-2H3. The van der Waals surface area contributed by atoms with Crippen LogP contribution in [0.25, 0.3) is 0 Å². The Balaban J connectivity index is 2.55. The maximum atomic E-state index is 10.7. The predicted octanol–water partition coefficient (Wildman–Crippen LogP) is 3.15. The fourth-order valence-corrected chi connectivity index (χ4v) is 1.77. The van der Waals surface area contributed by atoms with Gasteiger partial charge in [0.2, 0.25) is 0 Å². The minimum absolute atomic E-state index is 0.209. The van der Waals surface area contributed by atoms with Gasteiger partial charge in [0.25, 0.3) is 0 Å². The number of Topliss-reactive ketones (excluding diaryl/α,β-unsaturated/α-hetero) is 1. The third-order valence-electron chi connectivity index (χ3n) is 1.92. The molecule has 0 radical (unpaired) electrons. The number of hydrogen-bond donors (Lipinski definition) is 1. The van der Waals surface area contributed by atoms with Crippen LogP contribution in [-0.2, 0) is 4.79 Å². The molecule has 0 unspecified atom stereocenters. The molecule has 1 aromatic carbocycles. The molecule has 14 heavy (non-hydrogen) atoms. The molecule has 0 aliphatic rings. The number of carbonyl (C=O) groups excluding carboxylic acids is 1. The van der Waals surface area contributed by atoms with Gasteiger partial charge < -0.3 is 5.32 Å². The van der Waals surface area contributed by atoms with Gasteiger partial charge in [-0.05, 0) is 47.5 Å². The molecule has 2 nitrogen and oxygen atoms in total. The van der Waals surface area contributed by atoms with Crippen LogP contribution in [-0.4, -0.2) is 12.3 Å². The van der Waals surface area contributed by atoms with Crippen LogP contribution in [0.2, 0.25) is 0 Å². The predicted molar refractivity (Wildman–Crippen MR) is 62.7 cm³/mol. The highest BCUT2D eigenvalue weighted by molar-refractivity contribution is 9.10. The molecule has 0 aliphatic carbocycles. The van der Waals surface area contributed by atoms with Crippen LogP contribution in [0.15, 0.2) is 22.7 Å². The lowest BCUT2D eigenvalue weighted by molar-refractivity contribution is -0.116. The summed E-state index contributed by atoms with van der Waals surface area (Å²) in [6.45, 7) is 4.34. The smallest absolute Gasteiger partial charge is 0.131 e. The van der Waals surface area contributed by atoms with Crippen LogP contribution in [0.4, 0.5) is 5.69 Å². The number of aryl methyl sites for hydroxylation is 1. The lowest BCUT2D eigenvalue weighted by atomic mass is 10.2. The second kappa shape index (κ2) is 5.15. The van der Waals surface area contributed by atoms with Crippen LogP contribution in [0.1, 0.15) is 18.9 Å². The first-order chi connectivity index (χ1) is 6.59. The fraction of sp³-hybridized carbons (Fsp3) is 0.364. The lowest BCUT2D eigenvalue weighted by Crippen LogP contribution is -2.06. The van der Waals surface area contributed by atoms with Gasteiger partial charge in [0.1, 0.15) is 5.78 Å². The third kappa shape index (κ3) is 3.50. The van der Waals surface area contributed by atoms with Crippen molar-refractivity contribution < 1.29 is 4.79 Å². The van der Waals surface area contributed by atoms with E-state index in [0.29, 0.717) is 13.0 Å². The Hall–Kier alpha value is -0.830. The zero-order valence-electron chi connectivity index (χ0n) is 8.43. The molecule has 1 rings (SSSR count). The molecule has 0 atom stereocenters. The minimum Gasteiger partial charge on any atom is -0.384 e. The molecule has 76 valence electrons. The van der Waals surface area contributed by atoms with E-state index >= 15 is 0 Å². The summed E-state index contributed by atoms with van der Waals surface area (Å²) < 4.78 is 1.04. The van der Waals surface area contributed by atoms with E-state index in [4.69, 9.17) is 0 Å². The number of benzene rings is 1. The van der Waals surface area contributed by atoms with E-state index in [0.717, 1.165) is 10.2 Å². The maximum Gasteiger partial charge on any atom is 0.131 e. The molecule has 0 aliphatic heterocycles. The maximum absolute atomic E-state index is 10.7. The zero-order valence-corrected chi connectivity index (χ0v) is 10.0. The van der Waals surface area contributed by atoms with Gasteiger partial charge in [0.15, 0.2) is 0 Å². The summed E-state index contributed by atoms with van der Waals surface area (Å²) in [5.74, 6) is 0.209. The highest BCUT2D eigenvalue weighted by Crippen LogP contribution is 2.23. The second-order valence-electron chi connectivity index (χ2n) is 3.36. The van der Waals surface area contributed by atoms with Crippen molar-refractivity contribution in [2.75, 3.05) is 11.9 Å². The van der Waals surface area contributed by atoms with Crippen LogP contribution in [0.3, 0.4) is 0 Å². The quantitative estimate of drug-likeness (QED) is 0.896. The normalized spacial score (nSPS) is 9.93. The molecule has 0 saturated heterocycles. The zero-order chi connectivity index (χ0) is 10.6. The SMILES string of the molecule is CC(=O)CCNc1ccc(C)cc1Br. The molecule has 0 bridgehead atoms. The van der Waals surface area contributed by atoms with Gasteiger partial charge in [-0.25, -0.2) is 0 Å². The fourth-order valence-electron chi connectivity index (χ4n) is 1.14. The average molecular weight is 256 g/mol. The summed E-state index contributed by atoms with van der Waals surface area (Å²) in [6, 6.07) is 6.11. The molecule has 1 N–H and O–H groups in total. The summed E-state index contributed by atoms with van der Waals surface area (Å²) in [6.07, 6.45) is 0.570. The molecular formula is C11H14BrNO.